The zero-order valence-electron chi connectivity index (χ0n) is 22.8. The topological polar surface area (TPSA) is 59.6 Å². The third-order valence-electron chi connectivity index (χ3n) is 8.43. The van der Waals surface area contributed by atoms with Crippen LogP contribution in [-0.2, 0) is 7.05 Å². The fourth-order valence-corrected chi connectivity index (χ4v) is 6.44. The third-order valence-corrected chi connectivity index (χ3v) is 8.43. The summed E-state index contributed by atoms with van der Waals surface area (Å²) >= 11 is 0. The van der Waals surface area contributed by atoms with E-state index in [1.165, 1.54) is 10.8 Å². The molecule has 0 amide bonds. The first-order valence-electron chi connectivity index (χ1n) is 14.1. The molecule has 42 heavy (non-hydrogen) atoms. The lowest BCUT2D eigenvalue weighted by molar-refractivity contribution is 0.668. The Morgan fingerprint density at radius 3 is 2.38 bits per heavy atom. The number of hydrogen-bond acceptors (Lipinski definition) is 3. The van der Waals surface area contributed by atoms with Gasteiger partial charge in [-0.3, -0.25) is 4.98 Å². The van der Waals surface area contributed by atoms with E-state index in [1.54, 1.807) is 0 Å². The van der Waals surface area contributed by atoms with Crippen molar-refractivity contribution in [3.05, 3.63) is 121 Å². The maximum Gasteiger partial charge on any atom is 0.161 e. The maximum absolute atomic E-state index is 6.30. The Kier molecular flexibility index (Phi) is 4.75. The van der Waals surface area contributed by atoms with Gasteiger partial charge in [0.05, 0.1) is 16.6 Å². The second kappa shape index (κ2) is 8.66. The molecule has 0 spiro atoms. The van der Waals surface area contributed by atoms with Crippen LogP contribution in [0.15, 0.2) is 126 Å². The molecule has 4 aromatic heterocycles. The predicted octanol–water partition coefficient (Wildman–Crippen LogP) is 9.50. The number of hydrogen-bond donors (Lipinski definition) is 1. The zero-order valence-corrected chi connectivity index (χ0v) is 22.8. The Morgan fingerprint density at radius 2 is 1.43 bits per heavy atom. The van der Waals surface area contributed by atoms with Gasteiger partial charge >= 0.3 is 0 Å². The number of imidazole rings is 1. The van der Waals surface area contributed by atoms with Crippen molar-refractivity contribution < 1.29 is 4.42 Å². The van der Waals surface area contributed by atoms with E-state index in [2.05, 4.69) is 108 Å². The molecule has 198 valence electrons. The molecule has 0 saturated carbocycles. The first-order chi connectivity index (χ1) is 20.7. The molecule has 1 N–H and O–H groups in total. The van der Waals surface area contributed by atoms with Gasteiger partial charge in [-0.1, -0.05) is 78.9 Å². The quantitative estimate of drug-likeness (QED) is 0.243. The maximum atomic E-state index is 6.30. The molecule has 5 aromatic carbocycles. The number of pyridine rings is 1. The molecule has 0 unspecified atom stereocenters. The molecular weight excluding hydrogens is 516 g/mol. The van der Waals surface area contributed by atoms with Crippen LogP contribution in [0.1, 0.15) is 0 Å². The number of nitrogens with zero attached hydrogens (tertiary/aromatic N) is 3. The van der Waals surface area contributed by atoms with E-state index in [9.17, 15) is 0 Å². The lowest BCUT2D eigenvalue weighted by atomic mass is 9.99. The molecule has 0 radical (unpaired) electrons. The van der Waals surface area contributed by atoms with Crippen LogP contribution in [0.5, 0.6) is 0 Å². The Bertz CT molecular complexity index is 2490. The fourth-order valence-electron chi connectivity index (χ4n) is 6.44. The highest BCUT2D eigenvalue weighted by Gasteiger charge is 2.19. The van der Waals surface area contributed by atoms with Gasteiger partial charge in [-0.05, 0) is 42.0 Å². The standard InChI is InChI=1S/C37H24N4O/c1-41-31-17-8-13-24(35(31)40-37(41)29-15-7-14-27-25-11-2-4-16-30(25)39-34(27)29)22-9-6-10-23(21-22)33-36-28(19-20-38-33)26-12-3-5-18-32(26)42-36/h2-21,39H,1H3. The fraction of sp³-hybridized carbons (Fsp3) is 0.0270. The Morgan fingerprint density at radius 1 is 0.667 bits per heavy atom. The van der Waals surface area contributed by atoms with Crippen molar-refractivity contribution in [3.8, 4) is 33.8 Å². The lowest BCUT2D eigenvalue weighted by Crippen LogP contribution is -1.93. The zero-order chi connectivity index (χ0) is 27.8. The van der Waals surface area contributed by atoms with Crippen LogP contribution in [-0.4, -0.2) is 19.5 Å². The van der Waals surface area contributed by atoms with Crippen LogP contribution in [0, 0.1) is 0 Å². The Hall–Kier alpha value is -5.68. The molecule has 0 aliphatic carbocycles. The van der Waals surface area contributed by atoms with E-state index < -0.39 is 0 Å². The molecule has 0 atom stereocenters. The largest absolute Gasteiger partial charge is 0.454 e. The van der Waals surface area contributed by atoms with E-state index in [0.717, 1.165) is 77.8 Å². The van der Waals surface area contributed by atoms with Crippen molar-refractivity contribution in [1.29, 1.82) is 0 Å². The molecule has 9 aromatic rings. The number of H-pyrrole nitrogens is 1. The van der Waals surface area contributed by atoms with Gasteiger partial charge in [-0.2, -0.15) is 0 Å². The van der Waals surface area contributed by atoms with E-state index in [4.69, 9.17) is 14.4 Å². The van der Waals surface area contributed by atoms with Crippen molar-refractivity contribution in [2.45, 2.75) is 0 Å². The van der Waals surface area contributed by atoms with Crippen LogP contribution in [0.25, 0.3) is 88.5 Å². The second-order valence-corrected chi connectivity index (χ2v) is 10.8. The predicted molar refractivity (Wildman–Crippen MR) is 171 cm³/mol. The molecule has 0 fully saturated rings. The van der Waals surface area contributed by atoms with E-state index >= 15 is 0 Å². The van der Waals surface area contributed by atoms with Crippen molar-refractivity contribution in [3.63, 3.8) is 0 Å². The summed E-state index contributed by atoms with van der Waals surface area (Å²) in [5, 5.41) is 4.60. The Balaban J connectivity index is 1.22. The van der Waals surface area contributed by atoms with Crippen LogP contribution >= 0.6 is 0 Å². The minimum absolute atomic E-state index is 0.806. The highest BCUT2D eigenvalue weighted by molar-refractivity contribution is 6.12. The van der Waals surface area contributed by atoms with Gasteiger partial charge in [-0.25, -0.2) is 4.98 Å². The third kappa shape index (κ3) is 3.25. The van der Waals surface area contributed by atoms with Crippen molar-refractivity contribution in [1.82, 2.24) is 19.5 Å². The average molecular weight is 541 g/mol. The molecule has 0 aliphatic heterocycles. The molecule has 4 heterocycles. The van der Waals surface area contributed by atoms with Crippen LogP contribution in [0.2, 0.25) is 0 Å². The molecular formula is C37H24N4O. The van der Waals surface area contributed by atoms with Crippen molar-refractivity contribution in [2.24, 2.45) is 7.05 Å². The van der Waals surface area contributed by atoms with Gasteiger partial charge in [0.2, 0.25) is 0 Å². The highest BCUT2D eigenvalue weighted by Crippen LogP contribution is 2.38. The van der Waals surface area contributed by atoms with Gasteiger partial charge in [0.15, 0.2) is 5.58 Å². The van der Waals surface area contributed by atoms with Crippen molar-refractivity contribution in [2.75, 3.05) is 0 Å². The number of furan rings is 1. The summed E-state index contributed by atoms with van der Waals surface area (Å²) in [6.07, 6.45) is 1.86. The number of aromatic amines is 1. The molecule has 9 rings (SSSR count). The first kappa shape index (κ1) is 23.1. The molecule has 5 nitrogen and oxygen atoms in total. The summed E-state index contributed by atoms with van der Waals surface area (Å²) in [5.74, 6) is 0.930. The minimum atomic E-state index is 0.806. The second-order valence-electron chi connectivity index (χ2n) is 10.8. The average Bonchev–Trinajstić information content (AvgIpc) is 3.72. The monoisotopic (exact) mass is 540 g/mol. The van der Waals surface area contributed by atoms with Crippen LogP contribution < -0.4 is 0 Å². The normalized spacial score (nSPS) is 11.9. The number of aryl methyl sites for hydroxylation is 1. The van der Waals surface area contributed by atoms with Crippen molar-refractivity contribution >= 4 is 54.8 Å². The summed E-state index contributed by atoms with van der Waals surface area (Å²) in [6, 6.07) is 40.0. The molecule has 0 aliphatic rings. The van der Waals surface area contributed by atoms with Crippen LogP contribution in [0.3, 0.4) is 0 Å². The summed E-state index contributed by atoms with van der Waals surface area (Å²) in [4.78, 5) is 13.7. The number of aromatic nitrogens is 4. The molecule has 5 heteroatoms. The van der Waals surface area contributed by atoms with Gasteiger partial charge in [-0.15, -0.1) is 0 Å². The highest BCUT2D eigenvalue weighted by atomic mass is 16.3. The van der Waals surface area contributed by atoms with Crippen LogP contribution in [0.4, 0.5) is 0 Å². The summed E-state index contributed by atoms with van der Waals surface area (Å²) in [6.45, 7) is 0. The number of para-hydroxylation sites is 4. The number of fused-ring (bicyclic) bond motifs is 7. The molecule has 0 saturated heterocycles. The van der Waals surface area contributed by atoms with Gasteiger partial charge in [0.1, 0.15) is 17.1 Å². The minimum Gasteiger partial charge on any atom is -0.454 e. The SMILES string of the molecule is Cn1c(-c2cccc3c2[nH]c2ccccc23)nc2c(-c3cccc(-c4nccc5c4oc4ccccc45)c3)cccc21. The summed E-state index contributed by atoms with van der Waals surface area (Å²) < 4.78 is 8.49. The van der Waals surface area contributed by atoms with Gasteiger partial charge in [0, 0.05) is 57.0 Å². The molecule has 0 bridgehead atoms. The lowest BCUT2D eigenvalue weighted by Gasteiger charge is -2.07. The van der Waals surface area contributed by atoms with E-state index in [1.807, 2.05) is 30.5 Å². The summed E-state index contributed by atoms with van der Waals surface area (Å²) in [7, 11) is 2.10. The number of rotatable bonds is 3. The van der Waals surface area contributed by atoms with E-state index in [-0.39, 0.29) is 0 Å². The number of nitrogens with one attached hydrogen (secondary N) is 1. The smallest absolute Gasteiger partial charge is 0.161 e. The van der Waals surface area contributed by atoms with Gasteiger partial charge in [0.25, 0.3) is 0 Å². The van der Waals surface area contributed by atoms with E-state index in [0.29, 0.717) is 0 Å². The first-order valence-corrected chi connectivity index (χ1v) is 14.1. The number of benzene rings is 5. The Labute approximate surface area is 240 Å². The summed E-state index contributed by atoms with van der Waals surface area (Å²) in [5.41, 5.74) is 11.1. The van der Waals surface area contributed by atoms with Gasteiger partial charge < -0.3 is 14.0 Å².